The highest BCUT2D eigenvalue weighted by Gasteiger charge is 2.39. The molecular weight excluding hydrogens is 391 g/mol. The van der Waals surface area contributed by atoms with Gasteiger partial charge in [0.15, 0.2) is 0 Å². The van der Waals surface area contributed by atoms with Gasteiger partial charge in [0.1, 0.15) is 11.9 Å². The first-order chi connectivity index (χ1) is 13.1. The van der Waals surface area contributed by atoms with Crippen molar-refractivity contribution in [1.29, 1.82) is 0 Å². The topological polar surface area (TPSA) is 53.5 Å². The lowest BCUT2D eigenvalue weighted by Crippen LogP contribution is -2.46. The first-order valence-corrected chi connectivity index (χ1v) is 10.1. The van der Waals surface area contributed by atoms with Gasteiger partial charge in [0.05, 0.1) is 17.2 Å². The van der Waals surface area contributed by atoms with Crippen LogP contribution in [0.25, 0.3) is 0 Å². The van der Waals surface area contributed by atoms with E-state index in [-0.39, 0.29) is 29.0 Å². The predicted molar refractivity (Wildman–Crippen MR) is 103 cm³/mol. The largest absolute Gasteiger partial charge is 0.416 e. The Labute approximate surface area is 163 Å². The predicted octanol–water partition coefficient (Wildman–Crippen LogP) is 3.28. The molecule has 1 aromatic heterocycles. The van der Waals surface area contributed by atoms with Gasteiger partial charge in [-0.25, -0.2) is 4.98 Å². The van der Waals surface area contributed by atoms with Gasteiger partial charge in [0.2, 0.25) is 5.91 Å². The number of rotatable bonds is 3. The van der Waals surface area contributed by atoms with Gasteiger partial charge in [-0.2, -0.15) is 13.2 Å². The molecule has 1 unspecified atom stereocenters. The second kappa shape index (κ2) is 7.54. The van der Waals surface area contributed by atoms with Crippen molar-refractivity contribution in [2.24, 2.45) is 0 Å². The maximum absolute atomic E-state index is 13.2. The molecule has 2 aromatic rings. The van der Waals surface area contributed by atoms with E-state index in [9.17, 15) is 22.2 Å². The van der Waals surface area contributed by atoms with Gasteiger partial charge >= 0.3 is 6.18 Å². The van der Waals surface area contributed by atoms with Crippen LogP contribution in [0.3, 0.4) is 0 Å². The number of aromatic nitrogens is 1. The summed E-state index contributed by atoms with van der Waals surface area (Å²) in [5.41, 5.74) is 0.974. The standard InChI is InChI=1S/C19H20F3N3O2S/c1-12-5-4-6-15(7-12)24(3)18(26)16-10-28(27)11-25(16)17-9-14(19(20,21)22)8-13(2)23-17/h4-9,16H,10-11H2,1-3H3/t16-,28?/m1/s1. The van der Waals surface area contributed by atoms with E-state index in [1.807, 2.05) is 25.1 Å². The molecule has 5 nitrogen and oxygen atoms in total. The smallest absolute Gasteiger partial charge is 0.332 e. The zero-order chi connectivity index (χ0) is 20.6. The summed E-state index contributed by atoms with van der Waals surface area (Å²) in [6.07, 6.45) is -4.53. The fraction of sp³-hybridized carbons (Fsp3) is 0.368. The van der Waals surface area contributed by atoms with Crippen LogP contribution in [0.15, 0.2) is 36.4 Å². The number of pyridine rings is 1. The number of halogens is 3. The van der Waals surface area contributed by atoms with E-state index in [1.54, 1.807) is 13.1 Å². The number of carbonyl (C=O) groups is 1. The molecule has 150 valence electrons. The monoisotopic (exact) mass is 411 g/mol. The molecular formula is C19H20F3N3O2S. The molecule has 9 heteroatoms. The number of alkyl halides is 3. The zero-order valence-electron chi connectivity index (χ0n) is 15.7. The summed E-state index contributed by atoms with van der Waals surface area (Å²) in [5.74, 6) is -0.319. The number of benzene rings is 1. The minimum atomic E-state index is -4.53. The molecule has 0 radical (unpaired) electrons. The van der Waals surface area contributed by atoms with Crippen LogP contribution in [-0.4, -0.2) is 39.8 Å². The van der Waals surface area contributed by atoms with E-state index in [1.165, 1.54) is 16.7 Å². The molecule has 28 heavy (non-hydrogen) atoms. The Hall–Kier alpha value is -2.42. The molecule has 1 aliphatic rings. The van der Waals surface area contributed by atoms with Crippen molar-refractivity contribution in [3.63, 3.8) is 0 Å². The van der Waals surface area contributed by atoms with Gasteiger partial charge in [-0.05, 0) is 43.7 Å². The molecule has 0 aliphatic carbocycles. The zero-order valence-corrected chi connectivity index (χ0v) is 16.5. The van der Waals surface area contributed by atoms with Crippen LogP contribution in [-0.2, 0) is 21.8 Å². The number of carbonyl (C=O) groups excluding carboxylic acids is 1. The molecule has 3 rings (SSSR count). The summed E-state index contributed by atoms with van der Waals surface area (Å²) < 4.78 is 51.7. The molecule has 0 N–H and O–H groups in total. The maximum atomic E-state index is 13.2. The quantitative estimate of drug-likeness (QED) is 0.778. The van der Waals surface area contributed by atoms with E-state index in [0.29, 0.717) is 5.69 Å². The minimum Gasteiger partial charge on any atom is -0.332 e. The van der Waals surface area contributed by atoms with E-state index in [4.69, 9.17) is 0 Å². The molecule has 2 atom stereocenters. The van der Waals surface area contributed by atoms with Gasteiger partial charge in [-0.3, -0.25) is 9.00 Å². The summed E-state index contributed by atoms with van der Waals surface area (Å²) >= 11 is 0. The maximum Gasteiger partial charge on any atom is 0.416 e. The summed E-state index contributed by atoms with van der Waals surface area (Å²) in [6, 6.07) is 8.33. The second-order valence-electron chi connectivity index (χ2n) is 6.81. The molecule has 0 bridgehead atoms. The third kappa shape index (κ3) is 4.19. The van der Waals surface area contributed by atoms with Crippen molar-refractivity contribution < 1.29 is 22.2 Å². The van der Waals surface area contributed by atoms with Crippen molar-refractivity contribution in [1.82, 2.24) is 4.98 Å². The van der Waals surface area contributed by atoms with Gasteiger partial charge in [-0.15, -0.1) is 0 Å². The lowest BCUT2D eigenvalue weighted by atomic mass is 10.1. The SMILES string of the molecule is Cc1cccc(N(C)C(=O)[C@H]2CS(=O)CN2c2cc(C(F)(F)F)cc(C)n2)c1. The number of hydrogen-bond acceptors (Lipinski definition) is 4. The van der Waals surface area contributed by atoms with Crippen molar-refractivity contribution in [2.75, 3.05) is 28.5 Å². The molecule has 1 amide bonds. The summed E-state index contributed by atoms with van der Waals surface area (Å²) in [4.78, 5) is 20.1. The lowest BCUT2D eigenvalue weighted by Gasteiger charge is -2.28. The first kappa shape index (κ1) is 20.3. The Balaban J connectivity index is 1.94. The van der Waals surface area contributed by atoms with Crippen LogP contribution in [0, 0.1) is 13.8 Å². The summed E-state index contributed by atoms with van der Waals surface area (Å²) in [6.45, 7) is 3.36. The van der Waals surface area contributed by atoms with Gasteiger partial charge in [0.25, 0.3) is 0 Å². The number of amides is 1. The fourth-order valence-electron chi connectivity index (χ4n) is 3.14. The molecule has 1 aromatic carbocycles. The van der Waals surface area contributed by atoms with Crippen LogP contribution in [0.4, 0.5) is 24.7 Å². The molecule has 1 aliphatic heterocycles. The van der Waals surface area contributed by atoms with E-state index < -0.39 is 28.6 Å². The number of nitrogens with zero attached hydrogens (tertiary/aromatic N) is 3. The van der Waals surface area contributed by atoms with E-state index in [0.717, 1.165) is 17.7 Å². The Morgan fingerprint density at radius 3 is 2.61 bits per heavy atom. The average molecular weight is 411 g/mol. The Morgan fingerprint density at radius 2 is 1.96 bits per heavy atom. The van der Waals surface area contributed by atoms with Crippen LogP contribution >= 0.6 is 0 Å². The van der Waals surface area contributed by atoms with Crippen LogP contribution < -0.4 is 9.80 Å². The van der Waals surface area contributed by atoms with Crippen molar-refractivity contribution >= 4 is 28.2 Å². The van der Waals surface area contributed by atoms with Gasteiger partial charge in [0, 0.05) is 29.2 Å². The first-order valence-electron chi connectivity index (χ1n) is 8.58. The van der Waals surface area contributed by atoms with Gasteiger partial charge in [-0.1, -0.05) is 12.1 Å². The molecule has 1 saturated heterocycles. The summed E-state index contributed by atoms with van der Waals surface area (Å²) in [7, 11) is 0.240. The average Bonchev–Trinajstić information content (AvgIpc) is 3.01. The third-order valence-corrected chi connectivity index (χ3v) is 5.82. The molecule has 0 spiro atoms. The highest BCUT2D eigenvalue weighted by molar-refractivity contribution is 7.85. The van der Waals surface area contributed by atoms with E-state index >= 15 is 0 Å². The molecule has 0 saturated carbocycles. The number of hydrogen-bond donors (Lipinski definition) is 0. The van der Waals surface area contributed by atoms with E-state index in [2.05, 4.69) is 4.98 Å². The minimum absolute atomic E-state index is 0.00849. The number of aryl methyl sites for hydroxylation is 2. The number of likely N-dealkylation sites (N-methyl/N-ethyl adjacent to an activating group) is 1. The summed E-state index contributed by atoms with van der Waals surface area (Å²) in [5, 5.41) is 0. The van der Waals surface area contributed by atoms with Crippen LogP contribution in [0.5, 0.6) is 0 Å². The van der Waals surface area contributed by atoms with Crippen molar-refractivity contribution in [3.05, 3.63) is 53.2 Å². The van der Waals surface area contributed by atoms with Gasteiger partial charge < -0.3 is 9.80 Å². The Morgan fingerprint density at radius 1 is 1.25 bits per heavy atom. The Bertz CT molecular complexity index is 933. The second-order valence-corrected chi connectivity index (χ2v) is 8.28. The highest BCUT2D eigenvalue weighted by atomic mass is 32.2. The third-order valence-electron chi connectivity index (χ3n) is 4.57. The van der Waals surface area contributed by atoms with Crippen LogP contribution in [0.2, 0.25) is 0 Å². The fourth-order valence-corrected chi connectivity index (χ4v) is 4.55. The lowest BCUT2D eigenvalue weighted by molar-refractivity contribution is -0.137. The van der Waals surface area contributed by atoms with Crippen molar-refractivity contribution in [2.45, 2.75) is 26.1 Å². The highest BCUT2D eigenvalue weighted by Crippen LogP contribution is 2.33. The Kier molecular flexibility index (Phi) is 5.47. The van der Waals surface area contributed by atoms with Crippen LogP contribution in [0.1, 0.15) is 16.8 Å². The number of anilines is 2. The molecule has 2 heterocycles. The van der Waals surface area contributed by atoms with Crippen molar-refractivity contribution in [3.8, 4) is 0 Å². The normalized spacial score (nSPS) is 19.7. The molecule has 1 fully saturated rings.